The Balaban J connectivity index is 1.97. The summed E-state index contributed by atoms with van der Waals surface area (Å²) in [7, 11) is 0. The van der Waals surface area contributed by atoms with Crippen LogP contribution in [0.15, 0.2) is 36.8 Å². The van der Waals surface area contributed by atoms with Crippen LogP contribution in [0.5, 0.6) is 0 Å². The van der Waals surface area contributed by atoms with Crippen LogP contribution in [0, 0.1) is 0 Å². The first-order valence-corrected chi connectivity index (χ1v) is 6.47. The first-order chi connectivity index (χ1) is 9.56. The van der Waals surface area contributed by atoms with Crippen LogP contribution in [0.4, 0.5) is 16.2 Å². The Bertz CT molecular complexity index is 574. The van der Waals surface area contributed by atoms with E-state index in [2.05, 4.69) is 34.0 Å². The molecular weight excluding hydrogens is 254 g/mol. The monoisotopic (exact) mass is 273 g/mol. The molecule has 0 aliphatic carbocycles. The molecule has 0 aliphatic heterocycles. The molecule has 0 radical (unpaired) electrons. The van der Waals surface area contributed by atoms with Crippen molar-refractivity contribution < 1.29 is 4.79 Å². The van der Waals surface area contributed by atoms with Crippen molar-refractivity contribution in [3.05, 3.63) is 42.5 Å². The summed E-state index contributed by atoms with van der Waals surface area (Å²) in [6, 6.07) is 7.20. The summed E-state index contributed by atoms with van der Waals surface area (Å²) in [6.45, 7) is 4.94. The van der Waals surface area contributed by atoms with Crippen molar-refractivity contribution in [3.8, 4) is 0 Å². The lowest BCUT2D eigenvalue weighted by Crippen LogP contribution is -2.19. The average Bonchev–Trinajstić information content (AvgIpc) is 2.86. The zero-order valence-electron chi connectivity index (χ0n) is 11.6. The summed E-state index contributed by atoms with van der Waals surface area (Å²) in [5.74, 6) is 0. The fourth-order valence-electron chi connectivity index (χ4n) is 1.94. The lowest BCUT2D eigenvalue weighted by Gasteiger charge is -2.13. The van der Waals surface area contributed by atoms with Gasteiger partial charge < -0.3 is 20.9 Å². The van der Waals surface area contributed by atoms with Crippen LogP contribution in [0.1, 0.15) is 25.6 Å². The van der Waals surface area contributed by atoms with E-state index in [1.165, 1.54) is 0 Å². The SMILES string of the molecule is CC(C)n1cncc1CNc1ccc(NC(N)=O)cc1. The van der Waals surface area contributed by atoms with Crippen LogP contribution < -0.4 is 16.4 Å². The smallest absolute Gasteiger partial charge is 0.316 e. The number of nitrogens with zero attached hydrogens (tertiary/aromatic N) is 2. The fourth-order valence-corrected chi connectivity index (χ4v) is 1.94. The number of rotatable bonds is 5. The molecule has 106 valence electrons. The third kappa shape index (κ3) is 3.50. The molecule has 2 aromatic rings. The molecule has 0 spiro atoms. The van der Waals surface area contributed by atoms with Gasteiger partial charge >= 0.3 is 6.03 Å². The molecule has 20 heavy (non-hydrogen) atoms. The van der Waals surface area contributed by atoms with Gasteiger partial charge in [0.2, 0.25) is 0 Å². The molecule has 1 aromatic carbocycles. The highest BCUT2D eigenvalue weighted by Gasteiger charge is 2.05. The number of nitrogens with two attached hydrogens (primary N) is 1. The predicted molar refractivity (Wildman–Crippen MR) is 79.6 cm³/mol. The van der Waals surface area contributed by atoms with Gasteiger partial charge in [0.05, 0.1) is 18.6 Å². The van der Waals surface area contributed by atoms with Gasteiger partial charge in [-0.1, -0.05) is 0 Å². The maximum absolute atomic E-state index is 10.7. The normalized spacial score (nSPS) is 10.6. The van der Waals surface area contributed by atoms with E-state index in [0.29, 0.717) is 18.3 Å². The number of hydrogen-bond donors (Lipinski definition) is 3. The number of urea groups is 1. The van der Waals surface area contributed by atoms with Crippen LogP contribution in [0.25, 0.3) is 0 Å². The van der Waals surface area contributed by atoms with Crippen molar-refractivity contribution in [1.82, 2.24) is 9.55 Å². The minimum Gasteiger partial charge on any atom is -0.379 e. The van der Waals surface area contributed by atoms with Crippen molar-refractivity contribution >= 4 is 17.4 Å². The van der Waals surface area contributed by atoms with E-state index in [0.717, 1.165) is 11.4 Å². The van der Waals surface area contributed by atoms with E-state index in [9.17, 15) is 4.79 Å². The average molecular weight is 273 g/mol. The Labute approximate surface area is 118 Å². The van der Waals surface area contributed by atoms with Crippen LogP contribution in [0.3, 0.4) is 0 Å². The summed E-state index contributed by atoms with van der Waals surface area (Å²) in [5.41, 5.74) is 7.82. The predicted octanol–water partition coefficient (Wildman–Crippen LogP) is 2.57. The second kappa shape index (κ2) is 6.10. The zero-order chi connectivity index (χ0) is 14.5. The Morgan fingerprint density at radius 1 is 1.30 bits per heavy atom. The highest BCUT2D eigenvalue weighted by Crippen LogP contribution is 2.15. The van der Waals surface area contributed by atoms with Crippen molar-refractivity contribution in [2.75, 3.05) is 10.6 Å². The topological polar surface area (TPSA) is 85.0 Å². The maximum Gasteiger partial charge on any atom is 0.316 e. The molecule has 6 heteroatoms. The number of primary amides is 1. The number of carbonyl (C=O) groups excluding carboxylic acids is 1. The molecule has 4 N–H and O–H groups in total. The molecule has 0 saturated carbocycles. The molecule has 0 aliphatic rings. The van der Waals surface area contributed by atoms with Crippen molar-refractivity contribution in [2.45, 2.75) is 26.4 Å². The van der Waals surface area contributed by atoms with Crippen LogP contribution >= 0.6 is 0 Å². The van der Waals surface area contributed by atoms with E-state index >= 15 is 0 Å². The summed E-state index contributed by atoms with van der Waals surface area (Å²) < 4.78 is 2.12. The number of hydrogen-bond acceptors (Lipinski definition) is 3. The van der Waals surface area contributed by atoms with E-state index in [4.69, 9.17) is 5.73 Å². The summed E-state index contributed by atoms with van der Waals surface area (Å²) >= 11 is 0. The molecule has 0 atom stereocenters. The number of benzene rings is 1. The quantitative estimate of drug-likeness (QED) is 0.782. The molecule has 0 unspecified atom stereocenters. The first-order valence-electron chi connectivity index (χ1n) is 6.47. The fraction of sp³-hybridized carbons (Fsp3) is 0.286. The van der Waals surface area contributed by atoms with E-state index in [1.807, 2.05) is 24.7 Å². The standard InChI is InChI=1S/C14H19N5O/c1-10(2)19-9-16-7-13(19)8-17-11-3-5-12(6-4-11)18-14(15)20/h3-7,9-10,17H,8H2,1-2H3,(H3,15,18,20). The highest BCUT2D eigenvalue weighted by molar-refractivity contribution is 5.87. The second-order valence-corrected chi connectivity index (χ2v) is 4.81. The minimum atomic E-state index is -0.563. The van der Waals surface area contributed by atoms with Gasteiger partial charge in [-0.25, -0.2) is 9.78 Å². The van der Waals surface area contributed by atoms with Crippen molar-refractivity contribution in [2.24, 2.45) is 5.73 Å². The lowest BCUT2D eigenvalue weighted by atomic mass is 10.2. The summed E-state index contributed by atoms with van der Waals surface area (Å²) in [6.07, 6.45) is 3.69. The van der Waals surface area contributed by atoms with Gasteiger partial charge in [-0.15, -0.1) is 0 Å². The lowest BCUT2D eigenvalue weighted by molar-refractivity contribution is 0.259. The van der Waals surface area contributed by atoms with Gasteiger partial charge in [0.15, 0.2) is 0 Å². The third-order valence-electron chi connectivity index (χ3n) is 2.93. The third-order valence-corrected chi connectivity index (χ3v) is 2.93. The van der Waals surface area contributed by atoms with Gasteiger partial charge in [0, 0.05) is 23.6 Å². The Kier molecular flexibility index (Phi) is 4.24. The van der Waals surface area contributed by atoms with Crippen LogP contribution in [-0.2, 0) is 6.54 Å². The van der Waals surface area contributed by atoms with E-state index in [-0.39, 0.29) is 0 Å². The van der Waals surface area contributed by atoms with Gasteiger partial charge in [0.1, 0.15) is 0 Å². The number of aromatic nitrogens is 2. The van der Waals surface area contributed by atoms with Crippen LogP contribution in [-0.4, -0.2) is 15.6 Å². The first kappa shape index (κ1) is 13.9. The Morgan fingerprint density at radius 2 is 1.95 bits per heavy atom. The molecule has 1 heterocycles. The number of imidazole rings is 1. The molecule has 1 aromatic heterocycles. The number of carbonyl (C=O) groups is 1. The molecule has 0 bridgehead atoms. The van der Waals surface area contributed by atoms with Crippen molar-refractivity contribution in [1.29, 1.82) is 0 Å². The second-order valence-electron chi connectivity index (χ2n) is 4.81. The molecule has 0 saturated heterocycles. The van der Waals surface area contributed by atoms with Gasteiger partial charge in [-0.2, -0.15) is 0 Å². The molecule has 0 fully saturated rings. The maximum atomic E-state index is 10.7. The molecular formula is C14H19N5O. The number of anilines is 2. The number of amides is 2. The van der Waals surface area contributed by atoms with Crippen LogP contribution in [0.2, 0.25) is 0 Å². The van der Waals surface area contributed by atoms with E-state index < -0.39 is 6.03 Å². The zero-order valence-corrected chi connectivity index (χ0v) is 11.6. The van der Waals surface area contributed by atoms with Gasteiger partial charge in [0.25, 0.3) is 0 Å². The highest BCUT2D eigenvalue weighted by atomic mass is 16.2. The van der Waals surface area contributed by atoms with E-state index in [1.54, 1.807) is 12.1 Å². The summed E-state index contributed by atoms with van der Waals surface area (Å²) in [5, 5.41) is 5.84. The van der Waals surface area contributed by atoms with Gasteiger partial charge in [-0.05, 0) is 38.1 Å². The molecule has 2 amide bonds. The summed E-state index contributed by atoms with van der Waals surface area (Å²) in [4.78, 5) is 14.9. The molecule has 6 nitrogen and oxygen atoms in total. The molecule has 2 rings (SSSR count). The van der Waals surface area contributed by atoms with Crippen molar-refractivity contribution in [3.63, 3.8) is 0 Å². The van der Waals surface area contributed by atoms with Gasteiger partial charge in [-0.3, -0.25) is 0 Å². The Morgan fingerprint density at radius 3 is 2.55 bits per heavy atom. The minimum absolute atomic E-state index is 0.386. The largest absolute Gasteiger partial charge is 0.379 e. The Hall–Kier alpha value is -2.50. The number of nitrogens with one attached hydrogen (secondary N) is 2.